The van der Waals surface area contributed by atoms with Crippen molar-refractivity contribution in [1.29, 1.82) is 0 Å². The molecule has 0 amide bonds. The molecule has 0 saturated carbocycles. The van der Waals surface area contributed by atoms with Gasteiger partial charge in [0.05, 0.1) is 19.3 Å². The van der Waals surface area contributed by atoms with Gasteiger partial charge in [0, 0.05) is 11.6 Å². The summed E-state index contributed by atoms with van der Waals surface area (Å²) >= 11 is 5.95. The van der Waals surface area contributed by atoms with Crippen LogP contribution in [0.15, 0.2) is 24.3 Å². The summed E-state index contributed by atoms with van der Waals surface area (Å²) in [5.74, 6) is 0.490. The van der Waals surface area contributed by atoms with Crippen molar-refractivity contribution in [2.45, 2.75) is 18.9 Å². The van der Waals surface area contributed by atoms with E-state index in [0.29, 0.717) is 12.0 Å². The Morgan fingerprint density at radius 3 is 2.93 bits per heavy atom. The molecule has 0 aliphatic carbocycles. The first-order valence-electron chi connectivity index (χ1n) is 5.32. The molecule has 1 aliphatic heterocycles. The Morgan fingerprint density at radius 2 is 2.33 bits per heavy atom. The molecule has 15 heavy (non-hydrogen) atoms. The third-order valence-corrected chi connectivity index (χ3v) is 3.00. The second-order valence-electron chi connectivity index (χ2n) is 4.10. The zero-order valence-electron chi connectivity index (χ0n) is 8.87. The topological polar surface area (TPSA) is 21.3 Å². The molecule has 82 valence electrons. The lowest BCUT2D eigenvalue weighted by Crippen LogP contribution is -2.47. The van der Waals surface area contributed by atoms with Crippen LogP contribution < -0.4 is 5.32 Å². The van der Waals surface area contributed by atoms with Gasteiger partial charge in [-0.15, -0.1) is 0 Å². The SMILES string of the molecule is CC(CNC1COC1)c1cccc(Cl)c1. The van der Waals surface area contributed by atoms with Crippen molar-refractivity contribution < 1.29 is 4.74 Å². The van der Waals surface area contributed by atoms with Crippen molar-refractivity contribution in [2.75, 3.05) is 19.8 Å². The number of benzene rings is 1. The molecule has 0 bridgehead atoms. The first-order chi connectivity index (χ1) is 7.25. The molecule has 0 aromatic heterocycles. The van der Waals surface area contributed by atoms with E-state index in [4.69, 9.17) is 16.3 Å². The second kappa shape index (κ2) is 4.97. The van der Waals surface area contributed by atoms with Gasteiger partial charge < -0.3 is 10.1 Å². The van der Waals surface area contributed by atoms with E-state index < -0.39 is 0 Å². The molecule has 1 fully saturated rings. The van der Waals surface area contributed by atoms with Crippen molar-refractivity contribution in [3.8, 4) is 0 Å². The molecule has 3 heteroatoms. The summed E-state index contributed by atoms with van der Waals surface area (Å²) in [7, 11) is 0. The highest BCUT2D eigenvalue weighted by molar-refractivity contribution is 6.30. The van der Waals surface area contributed by atoms with Gasteiger partial charge in [-0.1, -0.05) is 30.7 Å². The van der Waals surface area contributed by atoms with Crippen LogP contribution in [0.1, 0.15) is 18.4 Å². The summed E-state index contributed by atoms with van der Waals surface area (Å²) in [5.41, 5.74) is 1.29. The lowest BCUT2D eigenvalue weighted by molar-refractivity contribution is -0.00530. The van der Waals surface area contributed by atoms with Crippen LogP contribution in [0.4, 0.5) is 0 Å². The van der Waals surface area contributed by atoms with E-state index in [9.17, 15) is 0 Å². The highest BCUT2D eigenvalue weighted by Crippen LogP contribution is 2.18. The fourth-order valence-corrected chi connectivity index (χ4v) is 1.83. The molecule has 1 aliphatic rings. The minimum Gasteiger partial charge on any atom is -0.378 e. The first kappa shape index (κ1) is 10.9. The number of hydrogen-bond donors (Lipinski definition) is 1. The molecule has 2 rings (SSSR count). The summed E-state index contributed by atoms with van der Waals surface area (Å²) < 4.78 is 5.11. The number of halogens is 1. The van der Waals surface area contributed by atoms with E-state index in [0.717, 1.165) is 24.8 Å². The fraction of sp³-hybridized carbons (Fsp3) is 0.500. The van der Waals surface area contributed by atoms with E-state index >= 15 is 0 Å². The Balaban J connectivity index is 1.86. The zero-order valence-corrected chi connectivity index (χ0v) is 9.63. The largest absolute Gasteiger partial charge is 0.378 e. The molecule has 1 aromatic carbocycles. The molecule has 0 spiro atoms. The maximum absolute atomic E-state index is 5.95. The molecule has 1 atom stereocenters. The number of rotatable bonds is 4. The highest BCUT2D eigenvalue weighted by Gasteiger charge is 2.18. The van der Waals surface area contributed by atoms with Crippen molar-refractivity contribution in [3.63, 3.8) is 0 Å². The van der Waals surface area contributed by atoms with Gasteiger partial charge in [-0.05, 0) is 23.6 Å². The predicted molar refractivity (Wildman–Crippen MR) is 62.5 cm³/mol. The van der Waals surface area contributed by atoms with Crippen LogP contribution in [0.3, 0.4) is 0 Å². The van der Waals surface area contributed by atoms with Crippen molar-refractivity contribution in [3.05, 3.63) is 34.9 Å². The van der Waals surface area contributed by atoms with Crippen LogP contribution in [0.2, 0.25) is 5.02 Å². The minimum absolute atomic E-state index is 0.490. The molecule has 1 saturated heterocycles. The van der Waals surface area contributed by atoms with E-state index in [-0.39, 0.29) is 0 Å². The van der Waals surface area contributed by atoms with Crippen LogP contribution in [0, 0.1) is 0 Å². The van der Waals surface area contributed by atoms with Crippen LogP contribution in [-0.2, 0) is 4.74 Å². The fourth-order valence-electron chi connectivity index (χ4n) is 1.63. The molecular formula is C12H16ClNO. The van der Waals surface area contributed by atoms with E-state index in [2.05, 4.69) is 18.3 Å². The third kappa shape index (κ3) is 2.94. The summed E-state index contributed by atoms with van der Waals surface area (Å²) in [4.78, 5) is 0. The smallest absolute Gasteiger partial charge is 0.0643 e. The Hall–Kier alpha value is -0.570. The molecule has 1 unspecified atom stereocenters. The monoisotopic (exact) mass is 225 g/mol. The molecular weight excluding hydrogens is 210 g/mol. The second-order valence-corrected chi connectivity index (χ2v) is 4.54. The summed E-state index contributed by atoms with van der Waals surface area (Å²) in [5, 5.41) is 4.28. The van der Waals surface area contributed by atoms with E-state index in [1.54, 1.807) is 0 Å². The molecule has 2 nitrogen and oxygen atoms in total. The molecule has 1 N–H and O–H groups in total. The Bertz CT molecular complexity index is 325. The lowest BCUT2D eigenvalue weighted by Gasteiger charge is -2.28. The van der Waals surface area contributed by atoms with Crippen LogP contribution in [0.25, 0.3) is 0 Å². The summed E-state index contributed by atoms with van der Waals surface area (Å²) in [6, 6.07) is 8.61. The van der Waals surface area contributed by atoms with Gasteiger partial charge in [-0.3, -0.25) is 0 Å². The average Bonchev–Trinajstić information content (AvgIpc) is 2.15. The highest BCUT2D eigenvalue weighted by atomic mass is 35.5. The van der Waals surface area contributed by atoms with Gasteiger partial charge >= 0.3 is 0 Å². The van der Waals surface area contributed by atoms with Gasteiger partial charge in [0.2, 0.25) is 0 Å². The van der Waals surface area contributed by atoms with Crippen LogP contribution in [-0.4, -0.2) is 25.8 Å². The maximum atomic E-state index is 5.95. The predicted octanol–water partition coefficient (Wildman–Crippen LogP) is 2.43. The van der Waals surface area contributed by atoms with Crippen molar-refractivity contribution in [1.82, 2.24) is 5.32 Å². The number of nitrogens with one attached hydrogen (secondary N) is 1. The van der Waals surface area contributed by atoms with Gasteiger partial charge in [0.25, 0.3) is 0 Å². The van der Waals surface area contributed by atoms with Gasteiger partial charge in [-0.2, -0.15) is 0 Å². The van der Waals surface area contributed by atoms with Crippen LogP contribution >= 0.6 is 11.6 Å². The van der Waals surface area contributed by atoms with Gasteiger partial charge in [-0.25, -0.2) is 0 Å². The van der Waals surface area contributed by atoms with Gasteiger partial charge in [0.1, 0.15) is 0 Å². The van der Waals surface area contributed by atoms with E-state index in [1.165, 1.54) is 5.56 Å². The maximum Gasteiger partial charge on any atom is 0.0643 e. The number of ether oxygens (including phenoxy) is 1. The minimum atomic E-state index is 0.490. The number of hydrogen-bond acceptors (Lipinski definition) is 2. The lowest BCUT2D eigenvalue weighted by atomic mass is 10.0. The van der Waals surface area contributed by atoms with E-state index in [1.807, 2.05) is 18.2 Å². The summed E-state index contributed by atoms with van der Waals surface area (Å²) in [6.45, 7) is 4.89. The first-order valence-corrected chi connectivity index (χ1v) is 5.70. The van der Waals surface area contributed by atoms with Crippen molar-refractivity contribution >= 4 is 11.6 Å². The van der Waals surface area contributed by atoms with Crippen molar-refractivity contribution in [2.24, 2.45) is 0 Å². The molecule has 1 aromatic rings. The molecule has 0 radical (unpaired) electrons. The van der Waals surface area contributed by atoms with Crippen LogP contribution in [0.5, 0.6) is 0 Å². The average molecular weight is 226 g/mol. The molecule has 1 heterocycles. The normalized spacial score (nSPS) is 18.5. The summed E-state index contributed by atoms with van der Waals surface area (Å²) in [6.07, 6.45) is 0. The Labute approximate surface area is 95.6 Å². The van der Waals surface area contributed by atoms with Gasteiger partial charge in [0.15, 0.2) is 0 Å². The Kier molecular flexibility index (Phi) is 3.62. The third-order valence-electron chi connectivity index (χ3n) is 2.77. The Morgan fingerprint density at radius 1 is 1.53 bits per heavy atom. The standard InChI is InChI=1S/C12H16ClNO/c1-9(6-14-12-7-15-8-12)10-3-2-4-11(13)5-10/h2-5,9,12,14H,6-8H2,1H3. The zero-order chi connectivity index (χ0) is 10.7. The quantitative estimate of drug-likeness (QED) is 0.850.